The van der Waals surface area contributed by atoms with Gasteiger partial charge < -0.3 is 10.1 Å². The van der Waals surface area contributed by atoms with Gasteiger partial charge in [-0.15, -0.1) is 0 Å². The third-order valence-corrected chi connectivity index (χ3v) is 4.21. The first-order chi connectivity index (χ1) is 13.0. The Balaban J connectivity index is 1.55. The number of aryl methyl sites for hydroxylation is 1. The van der Waals surface area contributed by atoms with E-state index < -0.39 is 36.8 Å². The highest BCUT2D eigenvalue weighted by molar-refractivity contribution is 6.11. The Bertz CT molecular complexity index is 922. The van der Waals surface area contributed by atoms with Gasteiger partial charge in [0.25, 0.3) is 11.8 Å². The van der Waals surface area contributed by atoms with Gasteiger partial charge in [-0.1, -0.05) is 36.4 Å². The monoisotopic (exact) mass is 366 g/mol. The molecule has 0 radical (unpaired) electrons. The Morgan fingerprint density at radius 2 is 1.78 bits per heavy atom. The maximum absolute atomic E-state index is 12.4. The van der Waals surface area contributed by atoms with Crippen molar-refractivity contribution in [3.05, 3.63) is 65.2 Å². The largest absolute Gasteiger partial charge is 0.454 e. The van der Waals surface area contributed by atoms with Gasteiger partial charge in [0.2, 0.25) is 5.91 Å². The molecule has 2 aromatic rings. The summed E-state index contributed by atoms with van der Waals surface area (Å²) in [6.45, 7) is 0.816. The molecule has 0 aromatic heterocycles. The van der Waals surface area contributed by atoms with Crippen LogP contribution in [0.2, 0.25) is 0 Å². The molecule has 1 N–H and O–H groups in total. The van der Waals surface area contributed by atoms with Crippen molar-refractivity contribution in [1.29, 1.82) is 0 Å². The Morgan fingerprint density at radius 1 is 1.07 bits per heavy atom. The molecular weight excluding hydrogens is 348 g/mol. The van der Waals surface area contributed by atoms with E-state index >= 15 is 0 Å². The molecule has 0 bridgehead atoms. The number of carbonyl (C=O) groups is 4. The topological polar surface area (TPSA) is 92.8 Å². The lowest BCUT2D eigenvalue weighted by molar-refractivity contribution is -0.150. The number of hydrogen-bond acceptors (Lipinski definition) is 5. The van der Waals surface area contributed by atoms with Crippen molar-refractivity contribution in [1.82, 2.24) is 4.90 Å². The first-order valence-corrected chi connectivity index (χ1v) is 8.39. The number of benzene rings is 2. The van der Waals surface area contributed by atoms with Gasteiger partial charge in [0, 0.05) is 11.3 Å². The highest BCUT2D eigenvalue weighted by Gasteiger charge is 2.32. The number of ether oxygens (including phenoxy) is 1. The van der Waals surface area contributed by atoms with Crippen molar-refractivity contribution < 1.29 is 23.9 Å². The number of imide groups is 1. The Labute approximate surface area is 155 Å². The molecule has 0 saturated heterocycles. The van der Waals surface area contributed by atoms with E-state index in [9.17, 15) is 19.2 Å². The Morgan fingerprint density at radius 3 is 2.56 bits per heavy atom. The van der Waals surface area contributed by atoms with Crippen LogP contribution in [-0.4, -0.2) is 41.7 Å². The van der Waals surface area contributed by atoms with Crippen LogP contribution in [0.4, 0.5) is 5.69 Å². The molecule has 7 heteroatoms. The molecule has 0 unspecified atom stereocenters. The van der Waals surface area contributed by atoms with Gasteiger partial charge in [-0.05, 0) is 30.2 Å². The third kappa shape index (κ3) is 4.20. The molecule has 3 rings (SSSR count). The van der Waals surface area contributed by atoms with Gasteiger partial charge >= 0.3 is 5.97 Å². The lowest BCUT2D eigenvalue weighted by atomic mass is 9.98. The van der Waals surface area contributed by atoms with Crippen LogP contribution in [-0.2, 0) is 25.5 Å². The van der Waals surface area contributed by atoms with E-state index in [2.05, 4.69) is 5.32 Å². The zero-order valence-corrected chi connectivity index (χ0v) is 14.7. The first kappa shape index (κ1) is 18.3. The SMILES string of the molecule is Cc1ccccc1NC(=O)COC(=O)CN1C(=O)Cc2ccccc2C1=O. The molecule has 1 heterocycles. The van der Waals surface area contributed by atoms with Gasteiger partial charge in [-0.2, -0.15) is 0 Å². The molecule has 0 aliphatic carbocycles. The van der Waals surface area contributed by atoms with Crippen LogP contribution < -0.4 is 5.32 Å². The second kappa shape index (κ2) is 7.82. The second-order valence-corrected chi connectivity index (χ2v) is 6.14. The molecule has 1 aliphatic rings. The third-order valence-electron chi connectivity index (χ3n) is 4.21. The number of esters is 1. The van der Waals surface area contributed by atoms with E-state index in [1.165, 1.54) is 0 Å². The van der Waals surface area contributed by atoms with E-state index in [1.54, 1.807) is 36.4 Å². The van der Waals surface area contributed by atoms with Gasteiger partial charge in [-0.3, -0.25) is 24.1 Å². The zero-order valence-electron chi connectivity index (χ0n) is 14.7. The fourth-order valence-corrected chi connectivity index (χ4v) is 2.78. The van der Waals surface area contributed by atoms with Gasteiger partial charge in [-0.25, -0.2) is 0 Å². The van der Waals surface area contributed by atoms with Gasteiger partial charge in [0.05, 0.1) is 6.42 Å². The minimum absolute atomic E-state index is 0.0446. The van der Waals surface area contributed by atoms with Crippen LogP contribution in [0.15, 0.2) is 48.5 Å². The summed E-state index contributed by atoms with van der Waals surface area (Å²) in [6.07, 6.45) is 0.0446. The van der Waals surface area contributed by atoms with Crippen molar-refractivity contribution in [2.45, 2.75) is 13.3 Å². The molecule has 1 aliphatic heterocycles. The number of para-hydroxylation sites is 1. The number of rotatable bonds is 5. The van der Waals surface area contributed by atoms with Crippen molar-refractivity contribution in [3.63, 3.8) is 0 Å². The predicted molar refractivity (Wildman–Crippen MR) is 97.0 cm³/mol. The van der Waals surface area contributed by atoms with Crippen LogP contribution in [0.5, 0.6) is 0 Å². The van der Waals surface area contributed by atoms with Crippen LogP contribution in [0.3, 0.4) is 0 Å². The predicted octanol–water partition coefficient (Wildman–Crippen LogP) is 1.70. The number of anilines is 1. The summed E-state index contributed by atoms with van der Waals surface area (Å²) < 4.78 is 4.91. The molecule has 2 aromatic carbocycles. The molecule has 0 saturated carbocycles. The summed E-state index contributed by atoms with van der Waals surface area (Å²) in [5.74, 6) is -2.33. The maximum atomic E-state index is 12.4. The van der Waals surface area contributed by atoms with Crippen molar-refractivity contribution in [2.24, 2.45) is 0 Å². The van der Waals surface area contributed by atoms with E-state index in [0.29, 0.717) is 16.8 Å². The standard InChI is InChI=1S/C20H18N2O5/c1-13-6-2-5-9-16(13)21-17(23)12-27-19(25)11-22-18(24)10-14-7-3-4-8-15(14)20(22)26/h2-9H,10-12H2,1H3,(H,21,23). The fourth-order valence-electron chi connectivity index (χ4n) is 2.78. The van der Waals surface area contributed by atoms with E-state index in [4.69, 9.17) is 4.74 Å². The number of hydrogen-bond donors (Lipinski definition) is 1. The van der Waals surface area contributed by atoms with Crippen molar-refractivity contribution in [3.8, 4) is 0 Å². The van der Waals surface area contributed by atoms with Crippen LogP contribution >= 0.6 is 0 Å². The average molecular weight is 366 g/mol. The fraction of sp³-hybridized carbons (Fsp3) is 0.200. The molecule has 3 amide bonds. The molecule has 0 spiro atoms. The van der Waals surface area contributed by atoms with Gasteiger partial charge in [0.1, 0.15) is 6.54 Å². The summed E-state index contributed by atoms with van der Waals surface area (Å²) in [5.41, 5.74) is 2.52. The molecular formula is C20H18N2O5. The first-order valence-electron chi connectivity index (χ1n) is 8.39. The summed E-state index contributed by atoms with van der Waals surface area (Å²) in [4.78, 5) is 49.3. The summed E-state index contributed by atoms with van der Waals surface area (Å²) in [6, 6.07) is 13.9. The lowest BCUT2D eigenvalue weighted by Crippen LogP contribution is -2.45. The van der Waals surface area contributed by atoms with Crippen molar-refractivity contribution >= 4 is 29.4 Å². The zero-order chi connectivity index (χ0) is 19.4. The Hall–Kier alpha value is -3.48. The maximum Gasteiger partial charge on any atom is 0.326 e. The molecule has 138 valence electrons. The molecule has 0 fully saturated rings. The molecule has 27 heavy (non-hydrogen) atoms. The lowest BCUT2D eigenvalue weighted by Gasteiger charge is -2.25. The summed E-state index contributed by atoms with van der Waals surface area (Å²) in [5, 5.41) is 2.64. The van der Waals surface area contributed by atoms with E-state index in [-0.39, 0.29) is 6.42 Å². The Kier molecular flexibility index (Phi) is 5.30. The highest BCUT2D eigenvalue weighted by atomic mass is 16.5. The minimum atomic E-state index is -0.823. The number of fused-ring (bicyclic) bond motifs is 1. The smallest absolute Gasteiger partial charge is 0.326 e. The van der Waals surface area contributed by atoms with E-state index in [1.807, 2.05) is 19.1 Å². The van der Waals surface area contributed by atoms with Gasteiger partial charge in [0.15, 0.2) is 6.61 Å². The minimum Gasteiger partial charge on any atom is -0.454 e. The highest BCUT2D eigenvalue weighted by Crippen LogP contribution is 2.19. The molecule has 7 nitrogen and oxygen atoms in total. The van der Waals surface area contributed by atoms with E-state index in [0.717, 1.165) is 10.5 Å². The number of amides is 3. The second-order valence-electron chi connectivity index (χ2n) is 6.14. The number of nitrogens with one attached hydrogen (secondary N) is 1. The molecule has 0 atom stereocenters. The number of carbonyl (C=O) groups excluding carboxylic acids is 4. The van der Waals surface area contributed by atoms with Crippen molar-refractivity contribution in [2.75, 3.05) is 18.5 Å². The van der Waals surface area contributed by atoms with Crippen LogP contribution in [0.1, 0.15) is 21.5 Å². The summed E-state index contributed by atoms with van der Waals surface area (Å²) in [7, 11) is 0. The normalized spacial score (nSPS) is 13.1. The number of nitrogens with zero attached hydrogens (tertiary/aromatic N) is 1. The average Bonchev–Trinajstić information content (AvgIpc) is 2.65. The quantitative estimate of drug-likeness (QED) is 0.642. The summed E-state index contributed by atoms with van der Waals surface area (Å²) >= 11 is 0. The van der Waals surface area contributed by atoms with Crippen LogP contribution in [0.25, 0.3) is 0 Å². The van der Waals surface area contributed by atoms with Crippen LogP contribution in [0, 0.1) is 6.92 Å².